The van der Waals surface area contributed by atoms with Crippen LogP contribution >= 0.6 is 0 Å². The number of hydrogen-bond donors (Lipinski definition) is 3. The third kappa shape index (κ3) is 5.30. The van der Waals surface area contributed by atoms with Crippen LogP contribution in [0.5, 0.6) is 0 Å². The zero-order valence-electron chi connectivity index (χ0n) is 19.3. The Bertz CT molecular complexity index is 900. The molecule has 0 spiro atoms. The number of amides is 1. The summed E-state index contributed by atoms with van der Waals surface area (Å²) in [7, 11) is 3.91. The van der Waals surface area contributed by atoms with Crippen molar-refractivity contribution in [2.45, 2.75) is 24.4 Å². The van der Waals surface area contributed by atoms with Crippen LogP contribution in [0.3, 0.4) is 0 Å². The molecular formula is C25H34N4O4. The zero-order valence-corrected chi connectivity index (χ0v) is 19.3. The SMILES string of the molecule is CN(C)c1ccc(C(=O)NC[C@@H]2O[C@@H](CO)[C@@H](O)[C@H]2N2CCN(c3ccccc3)CC2)cc1. The molecule has 0 aromatic heterocycles. The Morgan fingerprint density at radius 2 is 1.70 bits per heavy atom. The summed E-state index contributed by atoms with van der Waals surface area (Å²) < 4.78 is 5.96. The van der Waals surface area contributed by atoms with E-state index in [0.29, 0.717) is 5.56 Å². The Hall–Kier alpha value is -2.65. The number of carbonyl (C=O) groups excluding carboxylic acids is 1. The Morgan fingerprint density at radius 3 is 2.30 bits per heavy atom. The van der Waals surface area contributed by atoms with E-state index < -0.39 is 18.3 Å². The van der Waals surface area contributed by atoms with Gasteiger partial charge in [0, 0.05) is 63.8 Å². The number of aliphatic hydroxyl groups excluding tert-OH is 2. The van der Waals surface area contributed by atoms with Crippen molar-refractivity contribution in [3.63, 3.8) is 0 Å². The van der Waals surface area contributed by atoms with Crippen LogP contribution < -0.4 is 15.1 Å². The molecule has 0 radical (unpaired) electrons. The zero-order chi connectivity index (χ0) is 23.4. The highest BCUT2D eigenvalue weighted by molar-refractivity contribution is 5.94. The molecular weight excluding hydrogens is 420 g/mol. The van der Waals surface area contributed by atoms with Crippen molar-refractivity contribution < 1.29 is 19.7 Å². The largest absolute Gasteiger partial charge is 0.394 e. The Morgan fingerprint density at radius 1 is 1.03 bits per heavy atom. The molecule has 33 heavy (non-hydrogen) atoms. The molecule has 2 heterocycles. The van der Waals surface area contributed by atoms with Crippen LogP contribution in [-0.4, -0.2) is 98.8 Å². The molecule has 2 aliphatic heterocycles. The maximum absolute atomic E-state index is 12.7. The van der Waals surface area contributed by atoms with Crippen molar-refractivity contribution in [1.82, 2.24) is 10.2 Å². The van der Waals surface area contributed by atoms with E-state index >= 15 is 0 Å². The van der Waals surface area contributed by atoms with Crippen molar-refractivity contribution in [2.24, 2.45) is 0 Å². The third-order valence-electron chi connectivity index (χ3n) is 6.61. The number of aliphatic hydroxyl groups is 2. The summed E-state index contributed by atoms with van der Waals surface area (Å²) in [5.74, 6) is -0.182. The van der Waals surface area contributed by atoms with Gasteiger partial charge in [0.05, 0.1) is 18.8 Å². The lowest BCUT2D eigenvalue weighted by Crippen LogP contribution is -2.57. The predicted molar refractivity (Wildman–Crippen MR) is 129 cm³/mol. The second kappa shape index (κ2) is 10.5. The smallest absolute Gasteiger partial charge is 0.251 e. The second-order valence-electron chi connectivity index (χ2n) is 8.89. The summed E-state index contributed by atoms with van der Waals surface area (Å²) in [6.45, 7) is 3.25. The molecule has 0 aliphatic carbocycles. The quantitative estimate of drug-likeness (QED) is 0.570. The van der Waals surface area contributed by atoms with Crippen LogP contribution in [0.15, 0.2) is 54.6 Å². The van der Waals surface area contributed by atoms with Crippen LogP contribution in [0, 0.1) is 0 Å². The molecule has 2 fully saturated rings. The number of piperazine rings is 1. The monoisotopic (exact) mass is 454 g/mol. The Labute approximate surface area is 195 Å². The molecule has 1 amide bonds. The Kier molecular flexibility index (Phi) is 7.49. The number of anilines is 2. The molecule has 0 saturated carbocycles. The molecule has 4 atom stereocenters. The third-order valence-corrected chi connectivity index (χ3v) is 6.61. The molecule has 2 aromatic rings. The molecule has 178 valence electrons. The van der Waals surface area contributed by atoms with E-state index in [0.717, 1.165) is 31.9 Å². The molecule has 3 N–H and O–H groups in total. The number of nitrogens with one attached hydrogen (secondary N) is 1. The van der Waals surface area contributed by atoms with Gasteiger partial charge in [-0.05, 0) is 36.4 Å². The van der Waals surface area contributed by atoms with Crippen LogP contribution in [0.2, 0.25) is 0 Å². The van der Waals surface area contributed by atoms with Crippen molar-refractivity contribution >= 4 is 17.3 Å². The maximum Gasteiger partial charge on any atom is 0.251 e. The number of para-hydroxylation sites is 1. The number of rotatable bonds is 7. The lowest BCUT2D eigenvalue weighted by atomic mass is 10.0. The maximum atomic E-state index is 12.7. The predicted octanol–water partition coefficient (Wildman–Crippen LogP) is 0.794. The first-order valence-corrected chi connectivity index (χ1v) is 11.5. The molecule has 0 bridgehead atoms. The van der Waals surface area contributed by atoms with E-state index in [2.05, 4.69) is 27.2 Å². The number of hydrogen-bond acceptors (Lipinski definition) is 7. The fourth-order valence-corrected chi connectivity index (χ4v) is 4.72. The highest BCUT2D eigenvalue weighted by Crippen LogP contribution is 2.27. The molecule has 2 aromatic carbocycles. The van der Waals surface area contributed by atoms with Crippen LogP contribution in [0.1, 0.15) is 10.4 Å². The lowest BCUT2D eigenvalue weighted by Gasteiger charge is -2.41. The Balaban J connectivity index is 1.37. The van der Waals surface area contributed by atoms with Gasteiger partial charge in [-0.2, -0.15) is 0 Å². The van der Waals surface area contributed by atoms with Crippen molar-refractivity contribution in [1.29, 1.82) is 0 Å². The van der Waals surface area contributed by atoms with Gasteiger partial charge < -0.3 is 30.1 Å². The van der Waals surface area contributed by atoms with Gasteiger partial charge in [0.1, 0.15) is 12.2 Å². The van der Waals surface area contributed by atoms with Gasteiger partial charge in [0.2, 0.25) is 0 Å². The molecule has 0 unspecified atom stereocenters. The summed E-state index contributed by atoms with van der Waals surface area (Å²) in [6.07, 6.45) is -1.85. The van der Waals surface area contributed by atoms with Gasteiger partial charge in [0.25, 0.3) is 5.91 Å². The number of carbonyl (C=O) groups is 1. The minimum Gasteiger partial charge on any atom is -0.394 e. The van der Waals surface area contributed by atoms with Gasteiger partial charge in [-0.15, -0.1) is 0 Å². The molecule has 4 rings (SSSR count). The van der Waals surface area contributed by atoms with E-state index in [9.17, 15) is 15.0 Å². The van der Waals surface area contributed by atoms with Crippen molar-refractivity contribution in [3.8, 4) is 0 Å². The summed E-state index contributed by atoms with van der Waals surface area (Å²) >= 11 is 0. The highest BCUT2D eigenvalue weighted by atomic mass is 16.5. The summed E-state index contributed by atoms with van der Waals surface area (Å²) in [5, 5.41) is 23.5. The van der Waals surface area contributed by atoms with Crippen LogP contribution in [-0.2, 0) is 4.74 Å². The highest BCUT2D eigenvalue weighted by Gasteiger charge is 2.46. The van der Waals surface area contributed by atoms with E-state index in [1.165, 1.54) is 5.69 Å². The topological polar surface area (TPSA) is 88.5 Å². The summed E-state index contributed by atoms with van der Waals surface area (Å²) in [6, 6.07) is 17.4. The summed E-state index contributed by atoms with van der Waals surface area (Å²) in [4.78, 5) is 19.2. The first-order chi connectivity index (χ1) is 16.0. The second-order valence-corrected chi connectivity index (χ2v) is 8.89. The van der Waals surface area contributed by atoms with Gasteiger partial charge >= 0.3 is 0 Å². The van der Waals surface area contributed by atoms with Gasteiger partial charge in [-0.1, -0.05) is 18.2 Å². The van der Waals surface area contributed by atoms with Crippen LogP contribution in [0.4, 0.5) is 11.4 Å². The number of benzene rings is 2. The normalized spacial score (nSPS) is 25.8. The van der Waals surface area contributed by atoms with Crippen LogP contribution in [0.25, 0.3) is 0 Å². The van der Waals surface area contributed by atoms with E-state index in [-0.39, 0.29) is 25.1 Å². The first kappa shape index (κ1) is 23.5. The van der Waals surface area contributed by atoms with Crippen molar-refractivity contribution in [3.05, 3.63) is 60.2 Å². The van der Waals surface area contributed by atoms with Gasteiger partial charge in [-0.25, -0.2) is 0 Å². The van der Waals surface area contributed by atoms with E-state index in [1.54, 1.807) is 12.1 Å². The molecule has 2 saturated heterocycles. The molecule has 2 aliphatic rings. The van der Waals surface area contributed by atoms with Gasteiger partial charge in [0.15, 0.2) is 0 Å². The standard InChI is InChI=1S/C25H34N4O4/c1-27(2)19-10-8-18(9-11-19)25(32)26-16-21-23(24(31)22(17-30)33-21)29-14-12-28(13-15-29)20-6-4-3-5-7-20/h3-11,21-24,30-31H,12-17H2,1-2H3,(H,26,32)/t21-,22-,23-,24+/m0/s1. The molecule has 8 heteroatoms. The summed E-state index contributed by atoms with van der Waals surface area (Å²) in [5.41, 5.74) is 2.79. The fourth-order valence-electron chi connectivity index (χ4n) is 4.72. The number of nitrogens with zero attached hydrogens (tertiary/aromatic N) is 3. The lowest BCUT2D eigenvalue weighted by molar-refractivity contribution is -0.0209. The minimum absolute atomic E-state index is 0.182. The van der Waals surface area contributed by atoms with E-state index in [1.807, 2.05) is 49.3 Å². The number of ether oxygens (including phenoxy) is 1. The fraction of sp³-hybridized carbons (Fsp3) is 0.480. The van der Waals surface area contributed by atoms with E-state index in [4.69, 9.17) is 4.74 Å². The first-order valence-electron chi connectivity index (χ1n) is 11.5. The minimum atomic E-state index is -0.806. The molecule has 8 nitrogen and oxygen atoms in total. The average molecular weight is 455 g/mol. The average Bonchev–Trinajstić information content (AvgIpc) is 3.18. The van der Waals surface area contributed by atoms with Gasteiger partial charge in [-0.3, -0.25) is 9.69 Å². The van der Waals surface area contributed by atoms with Crippen molar-refractivity contribution in [2.75, 3.05) is 63.2 Å².